The molecule has 0 fully saturated rings. The average molecular weight is 338 g/mol. The van der Waals surface area contributed by atoms with E-state index >= 15 is 0 Å². The Morgan fingerprint density at radius 1 is 1.33 bits per heavy atom. The number of hydrogen-bond donors (Lipinski definition) is 0. The molecule has 0 unspecified atom stereocenters. The summed E-state index contributed by atoms with van der Waals surface area (Å²) in [7, 11) is -2.14. The van der Waals surface area contributed by atoms with Crippen LogP contribution >= 0.6 is 15.9 Å². The first kappa shape index (κ1) is 15.6. The molecule has 3 nitrogen and oxygen atoms in total. The Labute approximate surface area is 116 Å². The smallest absolute Gasteiger partial charge is 0.207 e. The maximum absolute atomic E-state index is 13.4. The van der Waals surface area contributed by atoms with Crippen LogP contribution in [0.25, 0.3) is 0 Å². The van der Waals surface area contributed by atoms with Crippen molar-refractivity contribution in [2.24, 2.45) is 5.41 Å². The van der Waals surface area contributed by atoms with E-state index in [9.17, 15) is 12.8 Å². The minimum absolute atomic E-state index is 0.0325. The third kappa shape index (κ3) is 3.76. The van der Waals surface area contributed by atoms with Gasteiger partial charge in [0.05, 0.1) is 9.37 Å². The molecule has 0 heterocycles. The van der Waals surface area contributed by atoms with Crippen molar-refractivity contribution in [3.63, 3.8) is 0 Å². The zero-order chi connectivity index (χ0) is 14.1. The molecular formula is C12H17BrFNO2S. The molecule has 0 aliphatic heterocycles. The van der Waals surface area contributed by atoms with Gasteiger partial charge in [0.2, 0.25) is 10.0 Å². The summed E-state index contributed by atoms with van der Waals surface area (Å²) in [6.07, 6.45) is 0. The molecule has 1 aromatic carbocycles. The Morgan fingerprint density at radius 3 is 2.33 bits per heavy atom. The van der Waals surface area contributed by atoms with Crippen molar-refractivity contribution in [2.75, 3.05) is 13.6 Å². The van der Waals surface area contributed by atoms with E-state index in [1.807, 2.05) is 20.8 Å². The second kappa shape index (κ2) is 5.27. The largest absolute Gasteiger partial charge is 0.242 e. The van der Waals surface area contributed by atoms with E-state index in [4.69, 9.17) is 0 Å². The lowest BCUT2D eigenvalue weighted by atomic mass is 9.97. The molecule has 0 radical (unpaired) electrons. The average Bonchev–Trinajstić information content (AvgIpc) is 2.19. The van der Waals surface area contributed by atoms with Gasteiger partial charge in [-0.1, -0.05) is 20.8 Å². The summed E-state index contributed by atoms with van der Waals surface area (Å²) >= 11 is 3.00. The molecule has 0 N–H and O–H groups in total. The van der Waals surface area contributed by atoms with Gasteiger partial charge in [0.25, 0.3) is 0 Å². The molecule has 18 heavy (non-hydrogen) atoms. The lowest BCUT2D eigenvalue weighted by molar-refractivity contribution is 0.310. The second-order valence-corrected chi connectivity index (χ2v) is 8.30. The summed E-state index contributed by atoms with van der Waals surface area (Å²) in [5.74, 6) is -0.583. The molecule has 0 aliphatic carbocycles. The molecule has 0 amide bonds. The molecule has 102 valence electrons. The van der Waals surface area contributed by atoms with Crippen LogP contribution in [0.4, 0.5) is 4.39 Å². The highest BCUT2D eigenvalue weighted by molar-refractivity contribution is 9.10. The normalized spacial score (nSPS) is 13.1. The Hall–Kier alpha value is -0.460. The van der Waals surface area contributed by atoms with Crippen LogP contribution in [0, 0.1) is 11.2 Å². The molecule has 0 bridgehead atoms. The van der Waals surface area contributed by atoms with Crippen molar-refractivity contribution in [3.8, 4) is 0 Å². The summed E-state index contributed by atoms with van der Waals surface area (Å²) in [5.41, 5.74) is -0.157. The van der Waals surface area contributed by atoms with Crippen molar-refractivity contribution in [2.45, 2.75) is 25.7 Å². The van der Waals surface area contributed by atoms with E-state index in [2.05, 4.69) is 15.9 Å². The summed E-state index contributed by atoms with van der Waals surface area (Å²) in [6.45, 7) is 6.20. The lowest BCUT2D eigenvalue weighted by Crippen LogP contribution is -2.34. The van der Waals surface area contributed by atoms with E-state index in [0.29, 0.717) is 6.54 Å². The van der Waals surface area contributed by atoms with Crippen LogP contribution in [-0.2, 0) is 10.0 Å². The highest BCUT2D eigenvalue weighted by atomic mass is 79.9. The van der Waals surface area contributed by atoms with Crippen LogP contribution < -0.4 is 0 Å². The van der Waals surface area contributed by atoms with Gasteiger partial charge < -0.3 is 0 Å². The van der Waals surface area contributed by atoms with Gasteiger partial charge in [-0.05, 0) is 39.5 Å². The van der Waals surface area contributed by atoms with E-state index < -0.39 is 15.8 Å². The summed E-state index contributed by atoms with van der Waals surface area (Å²) in [5, 5.41) is 0. The van der Waals surface area contributed by atoms with E-state index in [1.165, 1.54) is 23.5 Å². The van der Waals surface area contributed by atoms with Crippen LogP contribution in [-0.4, -0.2) is 26.3 Å². The van der Waals surface area contributed by atoms with Gasteiger partial charge in [0, 0.05) is 13.6 Å². The number of benzene rings is 1. The number of hydrogen-bond acceptors (Lipinski definition) is 2. The lowest BCUT2D eigenvalue weighted by Gasteiger charge is -2.26. The Bertz CT molecular complexity index is 537. The highest BCUT2D eigenvalue weighted by Crippen LogP contribution is 2.24. The van der Waals surface area contributed by atoms with Crippen molar-refractivity contribution in [1.29, 1.82) is 0 Å². The van der Waals surface area contributed by atoms with Gasteiger partial charge >= 0.3 is 0 Å². The first-order chi connectivity index (χ1) is 8.04. The maximum Gasteiger partial charge on any atom is 0.242 e. The van der Waals surface area contributed by atoms with Crippen LogP contribution in [0.2, 0.25) is 0 Å². The van der Waals surface area contributed by atoms with Gasteiger partial charge in [-0.3, -0.25) is 0 Å². The van der Waals surface area contributed by atoms with Crippen LogP contribution in [0.15, 0.2) is 27.6 Å². The van der Waals surface area contributed by atoms with Gasteiger partial charge in [-0.15, -0.1) is 0 Å². The predicted molar refractivity (Wildman–Crippen MR) is 73.4 cm³/mol. The van der Waals surface area contributed by atoms with Gasteiger partial charge in [-0.2, -0.15) is 0 Å². The summed E-state index contributed by atoms with van der Waals surface area (Å²) in [4.78, 5) is -0.0325. The van der Waals surface area contributed by atoms with Crippen LogP contribution in [0.1, 0.15) is 20.8 Å². The van der Waals surface area contributed by atoms with Crippen molar-refractivity contribution in [3.05, 3.63) is 28.5 Å². The fourth-order valence-corrected chi connectivity index (χ4v) is 3.23. The molecule has 0 aromatic heterocycles. The first-order valence-corrected chi connectivity index (χ1v) is 7.69. The minimum Gasteiger partial charge on any atom is -0.207 e. The predicted octanol–water partition coefficient (Wildman–Crippen LogP) is 3.25. The maximum atomic E-state index is 13.4. The van der Waals surface area contributed by atoms with Crippen LogP contribution in [0.3, 0.4) is 0 Å². The fourth-order valence-electron chi connectivity index (χ4n) is 1.57. The molecule has 6 heteroatoms. The summed E-state index contributed by atoms with van der Waals surface area (Å²) < 4.78 is 39.3. The highest BCUT2D eigenvalue weighted by Gasteiger charge is 2.25. The second-order valence-electron chi connectivity index (χ2n) is 5.40. The number of halogens is 2. The first-order valence-electron chi connectivity index (χ1n) is 5.45. The van der Waals surface area contributed by atoms with Crippen molar-refractivity contribution in [1.82, 2.24) is 4.31 Å². The molecule has 1 aromatic rings. The molecule has 1 rings (SSSR count). The standard InChI is InChI=1S/C12H17BrFNO2S/c1-12(2,3)8-15(4)18(16,17)9-5-6-10(13)11(14)7-9/h5-7H,8H2,1-4H3. The van der Waals surface area contributed by atoms with Crippen LogP contribution in [0.5, 0.6) is 0 Å². The van der Waals surface area contributed by atoms with Gasteiger partial charge in [0.15, 0.2) is 0 Å². The zero-order valence-electron chi connectivity index (χ0n) is 10.9. The Balaban J connectivity index is 3.10. The summed E-state index contributed by atoms with van der Waals surface area (Å²) in [6, 6.07) is 3.81. The Kier molecular flexibility index (Phi) is 4.56. The van der Waals surface area contributed by atoms with E-state index in [0.717, 1.165) is 6.07 Å². The third-order valence-electron chi connectivity index (χ3n) is 2.30. The molecule has 0 aliphatic rings. The van der Waals surface area contributed by atoms with Crippen molar-refractivity contribution >= 4 is 26.0 Å². The topological polar surface area (TPSA) is 37.4 Å². The van der Waals surface area contributed by atoms with Gasteiger partial charge in [0.1, 0.15) is 5.82 Å². The molecule has 0 saturated heterocycles. The molecule has 0 spiro atoms. The third-order valence-corrected chi connectivity index (χ3v) is 4.74. The Morgan fingerprint density at radius 2 is 1.89 bits per heavy atom. The SMILES string of the molecule is CN(CC(C)(C)C)S(=O)(=O)c1ccc(Br)c(F)c1. The number of sulfonamides is 1. The quantitative estimate of drug-likeness (QED) is 0.848. The molecule has 0 atom stereocenters. The minimum atomic E-state index is -3.64. The number of rotatable bonds is 3. The zero-order valence-corrected chi connectivity index (χ0v) is 13.3. The monoisotopic (exact) mass is 337 g/mol. The van der Waals surface area contributed by atoms with Gasteiger partial charge in [-0.25, -0.2) is 17.1 Å². The molecular weight excluding hydrogens is 321 g/mol. The number of nitrogens with zero attached hydrogens (tertiary/aromatic N) is 1. The fraction of sp³-hybridized carbons (Fsp3) is 0.500. The molecule has 0 saturated carbocycles. The van der Waals surface area contributed by atoms with Crippen molar-refractivity contribution < 1.29 is 12.8 Å². The van der Waals surface area contributed by atoms with E-state index in [-0.39, 0.29) is 14.8 Å². The van der Waals surface area contributed by atoms with E-state index in [1.54, 1.807) is 0 Å².